The molecule has 2 nitrogen and oxygen atoms in total. The van der Waals surface area contributed by atoms with Crippen molar-refractivity contribution in [3.63, 3.8) is 0 Å². The first-order valence-electron chi connectivity index (χ1n) is 6.99. The van der Waals surface area contributed by atoms with Crippen molar-refractivity contribution < 1.29 is 31.0 Å². The number of hydrogen-bond acceptors (Lipinski definition) is 1. The van der Waals surface area contributed by atoms with Crippen LogP contribution in [0.15, 0.2) is 0 Å². The first-order chi connectivity index (χ1) is 7.77. The minimum Gasteiger partial charge on any atom is -0.481 e. The molecule has 0 aromatic heterocycles. The number of unbranched alkanes of at least 4 members (excludes halogenated alkanes) is 10. The number of aliphatic carboxylic acids is 1. The van der Waals surface area contributed by atoms with Crippen LogP contribution in [-0.2, 0) is 25.9 Å². The zero-order valence-corrected chi connectivity index (χ0v) is 13.3. The summed E-state index contributed by atoms with van der Waals surface area (Å²) < 4.78 is 0. The molecule has 0 atom stereocenters. The van der Waals surface area contributed by atoms with E-state index in [1.807, 2.05) is 0 Å². The Kier molecular flexibility index (Phi) is 18.5. The summed E-state index contributed by atoms with van der Waals surface area (Å²) in [5.74, 6) is -0.657. The second-order valence-corrected chi connectivity index (χ2v) is 4.68. The summed E-state index contributed by atoms with van der Waals surface area (Å²) in [6.07, 6.45) is 14.4. The smallest absolute Gasteiger partial charge is 0.303 e. The van der Waals surface area contributed by atoms with Crippen molar-refractivity contribution >= 4 is 5.97 Å². The van der Waals surface area contributed by atoms with E-state index in [0.717, 1.165) is 12.8 Å². The molecule has 0 amide bonds. The molecule has 0 aromatic carbocycles. The zero-order chi connectivity index (χ0) is 12.1. The van der Waals surface area contributed by atoms with E-state index in [2.05, 4.69) is 6.92 Å². The van der Waals surface area contributed by atoms with Crippen molar-refractivity contribution in [1.29, 1.82) is 0 Å². The maximum atomic E-state index is 10.3. The first-order valence-corrected chi connectivity index (χ1v) is 6.99. The molecule has 0 aromatic rings. The monoisotopic (exact) mass is 326 g/mol. The second kappa shape index (κ2) is 16.2. The molecular formula is C14H28MoO2. The van der Waals surface area contributed by atoms with Crippen LogP contribution in [0.4, 0.5) is 0 Å². The Morgan fingerprint density at radius 1 is 0.765 bits per heavy atom. The quantitative estimate of drug-likeness (QED) is 0.415. The largest absolute Gasteiger partial charge is 0.481 e. The van der Waals surface area contributed by atoms with Gasteiger partial charge < -0.3 is 5.11 Å². The standard InChI is InChI=1S/C14H28O2.Mo/c1-2-3-4-5-6-7-8-9-10-11-12-13-14(15)16;/h2-13H2,1H3,(H,15,16);. The van der Waals surface area contributed by atoms with Crippen molar-refractivity contribution in [2.75, 3.05) is 0 Å². The van der Waals surface area contributed by atoms with Crippen LogP contribution in [0.25, 0.3) is 0 Å². The predicted octanol–water partition coefficient (Wildman–Crippen LogP) is 4.77. The van der Waals surface area contributed by atoms with Gasteiger partial charge in [-0.3, -0.25) is 4.79 Å². The van der Waals surface area contributed by atoms with Gasteiger partial charge in [-0.2, -0.15) is 0 Å². The van der Waals surface area contributed by atoms with Crippen molar-refractivity contribution in [1.82, 2.24) is 0 Å². The number of carboxylic acids is 1. The van der Waals surface area contributed by atoms with Gasteiger partial charge in [0.2, 0.25) is 0 Å². The van der Waals surface area contributed by atoms with E-state index in [-0.39, 0.29) is 21.1 Å². The molecule has 0 saturated heterocycles. The summed E-state index contributed by atoms with van der Waals surface area (Å²) in [6, 6.07) is 0. The van der Waals surface area contributed by atoms with Crippen LogP contribution in [0, 0.1) is 0 Å². The number of carbonyl (C=O) groups is 1. The predicted molar refractivity (Wildman–Crippen MR) is 68.7 cm³/mol. The zero-order valence-electron chi connectivity index (χ0n) is 11.2. The van der Waals surface area contributed by atoms with Gasteiger partial charge in [0.25, 0.3) is 0 Å². The van der Waals surface area contributed by atoms with Crippen molar-refractivity contribution in [2.24, 2.45) is 0 Å². The van der Waals surface area contributed by atoms with Crippen LogP contribution in [0.2, 0.25) is 0 Å². The van der Waals surface area contributed by atoms with Crippen molar-refractivity contribution in [2.45, 2.75) is 84.0 Å². The van der Waals surface area contributed by atoms with Crippen molar-refractivity contribution in [3.8, 4) is 0 Å². The summed E-state index contributed by atoms with van der Waals surface area (Å²) in [6.45, 7) is 2.25. The van der Waals surface area contributed by atoms with Crippen LogP contribution in [-0.4, -0.2) is 11.1 Å². The third-order valence-corrected chi connectivity index (χ3v) is 2.99. The molecule has 0 fully saturated rings. The van der Waals surface area contributed by atoms with E-state index in [0.29, 0.717) is 6.42 Å². The minimum atomic E-state index is -0.657. The van der Waals surface area contributed by atoms with Gasteiger partial charge in [-0.15, -0.1) is 0 Å². The Labute approximate surface area is 121 Å². The van der Waals surface area contributed by atoms with E-state index in [4.69, 9.17) is 5.11 Å². The van der Waals surface area contributed by atoms with E-state index in [1.165, 1.54) is 57.8 Å². The number of rotatable bonds is 12. The molecular weight excluding hydrogens is 296 g/mol. The fourth-order valence-corrected chi connectivity index (χ4v) is 1.94. The molecule has 3 heteroatoms. The Bertz CT molecular complexity index is 160. The first kappa shape index (κ1) is 19.5. The molecule has 102 valence electrons. The van der Waals surface area contributed by atoms with Crippen molar-refractivity contribution in [3.05, 3.63) is 0 Å². The Hall–Kier alpha value is 0.158. The van der Waals surface area contributed by atoms with E-state index in [1.54, 1.807) is 0 Å². The summed E-state index contributed by atoms with van der Waals surface area (Å²) in [5.41, 5.74) is 0. The third kappa shape index (κ3) is 18.7. The Morgan fingerprint density at radius 3 is 1.47 bits per heavy atom. The molecule has 0 bridgehead atoms. The van der Waals surface area contributed by atoms with Gasteiger partial charge in [0, 0.05) is 27.5 Å². The van der Waals surface area contributed by atoms with E-state index >= 15 is 0 Å². The van der Waals surface area contributed by atoms with Gasteiger partial charge in [-0.1, -0.05) is 71.1 Å². The summed E-state index contributed by atoms with van der Waals surface area (Å²) in [5, 5.41) is 8.46. The maximum absolute atomic E-state index is 10.3. The topological polar surface area (TPSA) is 37.3 Å². The summed E-state index contributed by atoms with van der Waals surface area (Å²) in [7, 11) is 0. The van der Waals surface area contributed by atoms with Gasteiger partial charge in [0.15, 0.2) is 0 Å². The van der Waals surface area contributed by atoms with Crippen LogP contribution in [0.1, 0.15) is 84.0 Å². The SMILES string of the molecule is CCCCCCCCCCCCCC(=O)O.[Mo]. The van der Waals surface area contributed by atoms with E-state index < -0.39 is 5.97 Å². The van der Waals surface area contributed by atoms with Gasteiger partial charge in [0.1, 0.15) is 0 Å². The third-order valence-electron chi connectivity index (χ3n) is 2.99. The maximum Gasteiger partial charge on any atom is 0.303 e. The molecule has 0 spiro atoms. The van der Waals surface area contributed by atoms with Crippen LogP contribution >= 0.6 is 0 Å². The molecule has 0 aliphatic carbocycles. The van der Waals surface area contributed by atoms with E-state index in [9.17, 15) is 4.79 Å². The van der Waals surface area contributed by atoms with Gasteiger partial charge in [0.05, 0.1) is 0 Å². The molecule has 0 unspecified atom stereocenters. The van der Waals surface area contributed by atoms with Gasteiger partial charge >= 0.3 is 5.97 Å². The Morgan fingerprint density at radius 2 is 1.12 bits per heavy atom. The molecule has 0 heterocycles. The molecule has 0 aliphatic rings. The average molecular weight is 324 g/mol. The molecule has 0 aliphatic heterocycles. The van der Waals surface area contributed by atoms with Gasteiger partial charge in [-0.25, -0.2) is 0 Å². The van der Waals surface area contributed by atoms with Crippen LogP contribution in [0.3, 0.4) is 0 Å². The number of hydrogen-bond donors (Lipinski definition) is 1. The number of carboxylic acid groups (broad SMARTS) is 1. The second-order valence-electron chi connectivity index (χ2n) is 4.68. The molecule has 17 heavy (non-hydrogen) atoms. The minimum absolute atomic E-state index is 0. The Balaban J connectivity index is 0. The summed E-state index contributed by atoms with van der Waals surface area (Å²) in [4.78, 5) is 10.3. The fraction of sp³-hybridized carbons (Fsp3) is 0.929. The molecule has 1 N–H and O–H groups in total. The van der Waals surface area contributed by atoms with Gasteiger partial charge in [-0.05, 0) is 6.42 Å². The van der Waals surface area contributed by atoms with Crippen LogP contribution < -0.4 is 0 Å². The fourth-order valence-electron chi connectivity index (χ4n) is 1.94. The molecule has 0 rings (SSSR count). The average Bonchev–Trinajstić information content (AvgIpc) is 2.25. The molecule has 0 saturated carbocycles. The van der Waals surface area contributed by atoms with Crippen LogP contribution in [0.5, 0.6) is 0 Å². The normalized spacial score (nSPS) is 9.94. The summed E-state index contributed by atoms with van der Waals surface area (Å²) >= 11 is 0. The molecule has 0 radical (unpaired) electrons.